The van der Waals surface area contributed by atoms with Crippen LogP contribution in [0.1, 0.15) is 39.3 Å². The molecule has 5 heteroatoms. The Bertz CT molecular complexity index is 892. The van der Waals surface area contributed by atoms with Crippen LogP contribution in [-0.2, 0) is 6.61 Å². The normalized spacial score (nSPS) is 11.8. The van der Waals surface area contributed by atoms with E-state index in [0.29, 0.717) is 22.3 Å². The lowest BCUT2D eigenvalue weighted by atomic mass is 10.1. The number of nitrogens with one attached hydrogen (secondary N) is 1. The smallest absolute Gasteiger partial charge is 0.261 e. The van der Waals surface area contributed by atoms with Gasteiger partial charge in [-0.15, -0.1) is 11.3 Å². The van der Waals surface area contributed by atoms with Crippen LogP contribution in [0, 0.1) is 6.92 Å². The molecule has 3 rings (SSSR count). The molecule has 0 radical (unpaired) electrons. The highest BCUT2D eigenvalue weighted by Gasteiger charge is 2.14. The molecule has 0 aliphatic heterocycles. The number of thiophene rings is 1. The summed E-state index contributed by atoms with van der Waals surface area (Å²) in [4.78, 5) is 13.1. The average Bonchev–Trinajstić information content (AvgIpc) is 3.12. The number of amides is 1. The van der Waals surface area contributed by atoms with Crippen LogP contribution in [0.5, 0.6) is 5.75 Å². The number of ether oxygens (including phenoxy) is 1. The van der Waals surface area contributed by atoms with Crippen molar-refractivity contribution in [2.75, 3.05) is 0 Å². The lowest BCUT2D eigenvalue weighted by Crippen LogP contribution is -2.25. The molecular weight excluding hydrogens is 366 g/mol. The van der Waals surface area contributed by atoms with Gasteiger partial charge in [-0.2, -0.15) is 0 Å². The maximum absolute atomic E-state index is 12.5. The van der Waals surface area contributed by atoms with Crippen LogP contribution in [0.15, 0.2) is 60.0 Å². The van der Waals surface area contributed by atoms with Gasteiger partial charge >= 0.3 is 0 Å². The van der Waals surface area contributed by atoms with E-state index in [1.54, 1.807) is 0 Å². The quantitative estimate of drug-likeness (QED) is 0.584. The molecule has 0 aliphatic carbocycles. The Morgan fingerprint density at radius 1 is 1.19 bits per heavy atom. The molecule has 0 saturated carbocycles. The summed E-state index contributed by atoms with van der Waals surface area (Å²) in [6.07, 6.45) is 0. The van der Waals surface area contributed by atoms with Gasteiger partial charge in [0.05, 0.1) is 15.9 Å². The minimum Gasteiger partial charge on any atom is -0.487 e. The summed E-state index contributed by atoms with van der Waals surface area (Å²) in [5.41, 5.74) is 3.12. The summed E-state index contributed by atoms with van der Waals surface area (Å²) in [7, 11) is 0. The first-order valence-electron chi connectivity index (χ1n) is 8.35. The Morgan fingerprint density at radius 2 is 1.96 bits per heavy atom. The van der Waals surface area contributed by atoms with Crippen LogP contribution in [-0.4, -0.2) is 5.91 Å². The van der Waals surface area contributed by atoms with Crippen molar-refractivity contribution in [3.8, 4) is 5.75 Å². The highest BCUT2D eigenvalue weighted by molar-refractivity contribution is 7.12. The molecule has 1 atom stereocenters. The van der Waals surface area contributed by atoms with Crippen molar-refractivity contribution in [3.05, 3.63) is 86.6 Å². The number of carbonyl (C=O) groups is 1. The van der Waals surface area contributed by atoms with Gasteiger partial charge in [-0.25, -0.2) is 0 Å². The lowest BCUT2D eigenvalue weighted by Gasteiger charge is -2.13. The number of benzene rings is 2. The molecule has 0 saturated heterocycles. The number of carbonyl (C=O) groups excluding carboxylic acids is 1. The van der Waals surface area contributed by atoms with Gasteiger partial charge in [-0.3, -0.25) is 4.79 Å². The minimum absolute atomic E-state index is 0.0448. The van der Waals surface area contributed by atoms with Crippen LogP contribution in [0.2, 0.25) is 5.02 Å². The molecular formula is C21H20ClNO2S. The van der Waals surface area contributed by atoms with E-state index >= 15 is 0 Å². The zero-order valence-electron chi connectivity index (χ0n) is 14.7. The SMILES string of the molecule is Cc1ccc(Cl)c(OCc2csc(C(=O)NC(C)c3ccccc3)c2)c1. The van der Waals surface area contributed by atoms with E-state index in [-0.39, 0.29) is 11.9 Å². The molecule has 3 nitrogen and oxygen atoms in total. The molecule has 134 valence electrons. The number of hydrogen-bond acceptors (Lipinski definition) is 3. The van der Waals surface area contributed by atoms with E-state index in [0.717, 1.165) is 16.7 Å². The van der Waals surface area contributed by atoms with Gasteiger partial charge in [-0.1, -0.05) is 48.0 Å². The summed E-state index contributed by atoms with van der Waals surface area (Å²) in [6, 6.07) is 17.4. The van der Waals surface area contributed by atoms with Crippen molar-refractivity contribution in [2.45, 2.75) is 26.5 Å². The van der Waals surface area contributed by atoms with Gasteiger partial charge in [0.1, 0.15) is 12.4 Å². The van der Waals surface area contributed by atoms with Crippen LogP contribution in [0.4, 0.5) is 0 Å². The Hall–Kier alpha value is -2.30. The third-order valence-corrected chi connectivity index (χ3v) is 5.30. The van der Waals surface area contributed by atoms with Crippen molar-refractivity contribution in [3.63, 3.8) is 0 Å². The second kappa shape index (κ2) is 8.39. The summed E-state index contributed by atoms with van der Waals surface area (Å²) in [5.74, 6) is 0.577. The fourth-order valence-electron chi connectivity index (χ4n) is 2.55. The molecule has 1 heterocycles. The second-order valence-electron chi connectivity index (χ2n) is 6.15. The van der Waals surface area contributed by atoms with Gasteiger partial charge in [0.15, 0.2) is 0 Å². The summed E-state index contributed by atoms with van der Waals surface area (Å²) >= 11 is 7.56. The highest BCUT2D eigenvalue weighted by Crippen LogP contribution is 2.27. The van der Waals surface area contributed by atoms with Crippen molar-refractivity contribution < 1.29 is 9.53 Å². The van der Waals surface area contributed by atoms with E-state index in [1.165, 1.54) is 11.3 Å². The Morgan fingerprint density at radius 3 is 2.73 bits per heavy atom. The molecule has 0 aliphatic rings. The topological polar surface area (TPSA) is 38.3 Å². The van der Waals surface area contributed by atoms with Crippen molar-refractivity contribution in [1.82, 2.24) is 5.32 Å². The fourth-order valence-corrected chi connectivity index (χ4v) is 3.52. The van der Waals surface area contributed by atoms with Gasteiger partial charge in [-0.05, 0) is 48.6 Å². The lowest BCUT2D eigenvalue weighted by molar-refractivity contribution is 0.0944. The number of hydrogen-bond donors (Lipinski definition) is 1. The number of rotatable bonds is 6. The second-order valence-corrected chi connectivity index (χ2v) is 7.47. The van der Waals surface area contributed by atoms with Crippen LogP contribution < -0.4 is 10.1 Å². The van der Waals surface area contributed by atoms with E-state index in [1.807, 2.05) is 73.8 Å². The summed E-state index contributed by atoms with van der Waals surface area (Å²) in [6.45, 7) is 4.34. The van der Waals surface area contributed by atoms with Gasteiger partial charge in [0.25, 0.3) is 5.91 Å². The number of halogens is 1. The van der Waals surface area contributed by atoms with Crippen molar-refractivity contribution in [1.29, 1.82) is 0 Å². The highest BCUT2D eigenvalue weighted by atomic mass is 35.5. The maximum Gasteiger partial charge on any atom is 0.261 e. The molecule has 1 unspecified atom stereocenters. The molecule has 26 heavy (non-hydrogen) atoms. The van der Waals surface area contributed by atoms with Gasteiger partial charge in [0.2, 0.25) is 0 Å². The third kappa shape index (κ3) is 4.65. The zero-order chi connectivity index (χ0) is 18.5. The van der Waals surface area contributed by atoms with E-state index in [2.05, 4.69) is 5.32 Å². The largest absolute Gasteiger partial charge is 0.487 e. The molecule has 0 fully saturated rings. The Kier molecular flexibility index (Phi) is 5.96. The maximum atomic E-state index is 12.5. The molecule has 1 N–H and O–H groups in total. The first kappa shape index (κ1) is 18.5. The molecule has 2 aromatic carbocycles. The monoisotopic (exact) mass is 385 g/mol. The Balaban J connectivity index is 1.60. The molecule has 0 bridgehead atoms. The summed E-state index contributed by atoms with van der Waals surface area (Å²) in [5, 5.41) is 5.55. The molecule has 1 aromatic heterocycles. The molecule has 1 amide bonds. The molecule has 0 spiro atoms. The Labute approximate surface area is 162 Å². The first-order valence-corrected chi connectivity index (χ1v) is 9.61. The van der Waals surface area contributed by atoms with Gasteiger partial charge < -0.3 is 10.1 Å². The standard InChI is InChI=1S/C21H20ClNO2S/c1-14-8-9-18(22)19(10-14)25-12-16-11-20(26-13-16)21(24)23-15(2)17-6-4-3-5-7-17/h3-11,13,15H,12H2,1-2H3,(H,23,24). The van der Waals surface area contributed by atoms with Gasteiger partial charge in [0, 0.05) is 5.56 Å². The third-order valence-electron chi connectivity index (χ3n) is 4.01. The van der Waals surface area contributed by atoms with Crippen molar-refractivity contribution >= 4 is 28.8 Å². The fraction of sp³-hybridized carbons (Fsp3) is 0.190. The van der Waals surface area contributed by atoms with E-state index in [4.69, 9.17) is 16.3 Å². The molecule has 3 aromatic rings. The van der Waals surface area contributed by atoms with E-state index in [9.17, 15) is 4.79 Å². The minimum atomic E-state index is -0.0776. The van der Waals surface area contributed by atoms with Crippen LogP contribution in [0.3, 0.4) is 0 Å². The average molecular weight is 386 g/mol. The summed E-state index contributed by atoms with van der Waals surface area (Å²) < 4.78 is 5.79. The predicted molar refractivity (Wildman–Crippen MR) is 107 cm³/mol. The van der Waals surface area contributed by atoms with Crippen molar-refractivity contribution in [2.24, 2.45) is 0 Å². The number of aryl methyl sites for hydroxylation is 1. The van der Waals surface area contributed by atoms with Crippen LogP contribution >= 0.6 is 22.9 Å². The van der Waals surface area contributed by atoms with Crippen LogP contribution in [0.25, 0.3) is 0 Å². The predicted octanol–water partition coefficient (Wildman–Crippen LogP) is 5.78. The zero-order valence-corrected chi connectivity index (χ0v) is 16.2. The van der Waals surface area contributed by atoms with E-state index < -0.39 is 0 Å². The first-order chi connectivity index (χ1) is 12.5.